The molecule has 0 fully saturated rings. The van der Waals surface area contributed by atoms with Crippen LogP contribution in [0.15, 0.2) is 42.0 Å². The molecule has 4 nitrogen and oxygen atoms in total. The van der Waals surface area contributed by atoms with Gasteiger partial charge in [-0.1, -0.05) is 35.9 Å². The van der Waals surface area contributed by atoms with Crippen LogP contribution in [0.25, 0.3) is 0 Å². The van der Waals surface area contributed by atoms with Gasteiger partial charge in [0.1, 0.15) is 0 Å². The van der Waals surface area contributed by atoms with Crippen molar-refractivity contribution in [3.8, 4) is 0 Å². The van der Waals surface area contributed by atoms with Crippen LogP contribution in [-0.4, -0.2) is 36.9 Å². The van der Waals surface area contributed by atoms with Gasteiger partial charge in [-0.15, -0.1) is 12.4 Å². The minimum atomic E-state index is -0.314. The smallest absolute Gasteiger partial charge is 0.245 e. The molecule has 0 aromatic heterocycles. The Morgan fingerprint density at radius 1 is 1.19 bits per heavy atom. The van der Waals surface area contributed by atoms with Crippen molar-refractivity contribution in [1.29, 1.82) is 0 Å². The Morgan fingerprint density at radius 3 is 2.24 bits per heavy atom. The average Bonchev–Trinajstić information content (AvgIpc) is 2.37. The number of rotatable bonds is 6. The van der Waals surface area contributed by atoms with E-state index in [1.54, 1.807) is 12.1 Å². The number of ketones is 1. The maximum atomic E-state index is 12.2. The third-order valence-corrected chi connectivity index (χ3v) is 2.83. The third-order valence-electron chi connectivity index (χ3n) is 2.83. The molecule has 1 unspecified atom stereocenters. The van der Waals surface area contributed by atoms with Crippen LogP contribution < -0.4 is 5.32 Å². The molecule has 21 heavy (non-hydrogen) atoms. The summed E-state index contributed by atoms with van der Waals surface area (Å²) in [5.74, 6) is -0.161. The van der Waals surface area contributed by atoms with Crippen molar-refractivity contribution in [2.45, 2.75) is 26.4 Å². The summed E-state index contributed by atoms with van der Waals surface area (Å²) in [7, 11) is 3.68. The fourth-order valence-electron chi connectivity index (χ4n) is 1.75. The highest BCUT2D eigenvalue weighted by molar-refractivity contribution is 5.97. The summed E-state index contributed by atoms with van der Waals surface area (Å²) in [6, 6.07) is 9.11. The predicted molar refractivity (Wildman–Crippen MR) is 87.7 cm³/mol. The first-order valence-corrected chi connectivity index (χ1v) is 6.60. The van der Waals surface area contributed by atoms with E-state index in [2.05, 4.69) is 5.32 Å². The van der Waals surface area contributed by atoms with Crippen LogP contribution in [-0.2, 0) is 4.79 Å². The molecule has 1 atom stereocenters. The van der Waals surface area contributed by atoms with Crippen LogP contribution in [0.1, 0.15) is 30.6 Å². The number of benzene rings is 1. The lowest BCUT2D eigenvalue weighted by Gasteiger charge is -2.24. The van der Waals surface area contributed by atoms with Crippen LogP contribution in [0.3, 0.4) is 0 Å². The number of nitrogens with one attached hydrogen (secondary N) is 1. The van der Waals surface area contributed by atoms with Crippen LogP contribution in [0.5, 0.6) is 0 Å². The van der Waals surface area contributed by atoms with Crippen molar-refractivity contribution in [3.63, 3.8) is 0 Å². The van der Waals surface area contributed by atoms with Gasteiger partial charge in [0, 0.05) is 18.1 Å². The first-order valence-electron chi connectivity index (χ1n) is 6.60. The maximum Gasteiger partial charge on any atom is 0.245 e. The standard InChI is InChI=1S/C16H22N2O2.ClH/c1-12(2)10-16(20)17-15(18(3)4)11-14(19)13-8-6-5-7-9-13;/h5-10,15H,11H2,1-4H3,(H,17,20);1H. The number of carbonyl (C=O) groups is 2. The van der Waals surface area contributed by atoms with E-state index in [0.717, 1.165) is 5.57 Å². The number of Topliss-reactive ketones (excluding diaryl/α,β-unsaturated/α-hetero) is 1. The lowest BCUT2D eigenvalue weighted by atomic mass is 10.1. The van der Waals surface area contributed by atoms with Crippen LogP contribution in [0, 0.1) is 0 Å². The Morgan fingerprint density at radius 2 is 1.76 bits per heavy atom. The fourth-order valence-corrected chi connectivity index (χ4v) is 1.75. The highest BCUT2D eigenvalue weighted by Crippen LogP contribution is 2.07. The van der Waals surface area contributed by atoms with Gasteiger partial charge in [-0.3, -0.25) is 14.5 Å². The molecular weight excluding hydrogens is 288 g/mol. The van der Waals surface area contributed by atoms with Gasteiger partial charge in [-0.2, -0.15) is 0 Å². The van der Waals surface area contributed by atoms with Gasteiger partial charge in [0.2, 0.25) is 5.91 Å². The van der Waals surface area contributed by atoms with Gasteiger partial charge in [-0.25, -0.2) is 0 Å². The number of allylic oxidation sites excluding steroid dienone is 1. The van der Waals surface area contributed by atoms with Crippen LogP contribution >= 0.6 is 12.4 Å². The quantitative estimate of drug-likeness (QED) is 0.499. The Hall–Kier alpha value is -1.65. The minimum absolute atomic E-state index is 0. The normalized spacial score (nSPS) is 11.3. The van der Waals surface area contributed by atoms with Crippen LogP contribution in [0.2, 0.25) is 0 Å². The monoisotopic (exact) mass is 310 g/mol. The molecule has 116 valence electrons. The number of hydrogen-bond donors (Lipinski definition) is 1. The first kappa shape index (κ1) is 19.4. The van der Waals surface area contributed by atoms with Crippen LogP contribution in [0.4, 0.5) is 0 Å². The van der Waals surface area contributed by atoms with E-state index in [1.165, 1.54) is 6.08 Å². The highest BCUT2D eigenvalue weighted by atomic mass is 35.5. The Labute approximate surface area is 132 Å². The zero-order valence-electron chi connectivity index (χ0n) is 12.9. The average molecular weight is 311 g/mol. The van der Waals surface area contributed by atoms with Crippen molar-refractivity contribution in [2.75, 3.05) is 14.1 Å². The van der Waals surface area contributed by atoms with E-state index in [9.17, 15) is 9.59 Å². The van der Waals surface area contributed by atoms with Gasteiger partial charge in [0.15, 0.2) is 5.78 Å². The maximum absolute atomic E-state index is 12.2. The molecule has 0 spiro atoms. The second-order valence-electron chi connectivity index (χ2n) is 5.20. The number of carbonyl (C=O) groups excluding carboxylic acids is 2. The van der Waals surface area contributed by atoms with E-state index in [0.29, 0.717) is 5.56 Å². The molecule has 0 aliphatic heterocycles. The lowest BCUT2D eigenvalue weighted by Crippen LogP contribution is -2.45. The van der Waals surface area contributed by atoms with Gasteiger partial charge in [0.25, 0.3) is 0 Å². The fraction of sp³-hybridized carbons (Fsp3) is 0.375. The molecule has 1 rings (SSSR count). The number of hydrogen-bond acceptors (Lipinski definition) is 3. The molecule has 1 aromatic rings. The third kappa shape index (κ3) is 7.06. The highest BCUT2D eigenvalue weighted by Gasteiger charge is 2.18. The topological polar surface area (TPSA) is 49.4 Å². The summed E-state index contributed by atoms with van der Waals surface area (Å²) in [5.41, 5.74) is 1.59. The molecule has 1 aromatic carbocycles. The number of nitrogens with zero attached hydrogens (tertiary/aromatic N) is 1. The molecule has 0 saturated heterocycles. The molecule has 0 aliphatic carbocycles. The summed E-state index contributed by atoms with van der Waals surface area (Å²) in [5, 5.41) is 2.84. The second kappa shape index (κ2) is 9.32. The first-order chi connectivity index (χ1) is 9.40. The molecule has 5 heteroatoms. The summed E-state index contributed by atoms with van der Waals surface area (Å²) in [4.78, 5) is 25.8. The van der Waals surface area contributed by atoms with Gasteiger partial charge in [0.05, 0.1) is 6.17 Å². The van der Waals surface area contributed by atoms with Crippen molar-refractivity contribution >= 4 is 24.1 Å². The molecular formula is C16H23ClN2O2. The van der Waals surface area contributed by atoms with Crippen molar-refractivity contribution in [1.82, 2.24) is 10.2 Å². The summed E-state index contributed by atoms with van der Waals surface area (Å²) in [6.07, 6.45) is 1.47. The van der Waals surface area contributed by atoms with E-state index in [4.69, 9.17) is 0 Å². The molecule has 0 saturated carbocycles. The van der Waals surface area contributed by atoms with E-state index in [-0.39, 0.29) is 36.7 Å². The molecule has 0 bridgehead atoms. The van der Waals surface area contributed by atoms with Gasteiger partial charge >= 0.3 is 0 Å². The summed E-state index contributed by atoms with van der Waals surface area (Å²) >= 11 is 0. The SMILES string of the molecule is CC(C)=CC(=O)NC(CC(=O)c1ccccc1)N(C)C.Cl. The zero-order chi connectivity index (χ0) is 15.1. The van der Waals surface area contributed by atoms with Crippen molar-refractivity contribution in [2.24, 2.45) is 0 Å². The van der Waals surface area contributed by atoms with E-state index >= 15 is 0 Å². The lowest BCUT2D eigenvalue weighted by molar-refractivity contribution is -0.118. The Bertz CT molecular complexity index is 494. The van der Waals surface area contributed by atoms with E-state index in [1.807, 2.05) is 51.0 Å². The van der Waals surface area contributed by atoms with Crippen molar-refractivity contribution in [3.05, 3.63) is 47.5 Å². The summed E-state index contributed by atoms with van der Waals surface area (Å²) in [6.45, 7) is 3.72. The second-order valence-corrected chi connectivity index (χ2v) is 5.20. The minimum Gasteiger partial charge on any atom is -0.337 e. The molecule has 1 N–H and O–H groups in total. The zero-order valence-corrected chi connectivity index (χ0v) is 13.7. The number of halogens is 1. The van der Waals surface area contributed by atoms with Gasteiger partial charge in [-0.05, 0) is 27.9 Å². The molecule has 0 aliphatic rings. The Balaban J connectivity index is 0.00000400. The van der Waals surface area contributed by atoms with Gasteiger partial charge < -0.3 is 5.32 Å². The largest absolute Gasteiger partial charge is 0.337 e. The Kier molecular flexibility index (Phi) is 8.58. The molecule has 0 heterocycles. The van der Waals surface area contributed by atoms with Crippen molar-refractivity contribution < 1.29 is 9.59 Å². The summed E-state index contributed by atoms with van der Waals surface area (Å²) < 4.78 is 0. The predicted octanol–water partition coefficient (Wildman–Crippen LogP) is 2.65. The molecule has 1 amide bonds. The van der Waals surface area contributed by atoms with E-state index < -0.39 is 0 Å². The number of amides is 1. The molecule has 0 radical (unpaired) electrons.